The van der Waals surface area contributed by atoms with E-state index in [-0.39, 0.29) is 18.4 Å². The Hall–Kier alpha value is -2.34. The fourth-order valence-corrected chi connectivity index (χ4v) is 4.78. The van der Waals surface area contributed by atoms with Crippen LogP contribution in [0.3, 0.4) is 0 Å². The molecule has 1 aromatic rings. The van der Waals surface area contributed by atoms with Crippen molar-refractivity contribution in [2.24, 2.45) is 0 Å². The van der Waals surface area contributed by atoms with Gasteiger partial charge >= 0.3 is 0 Å². The van der Waals surface area contributed by atoms with Crippen molar-refractivity contribution in [2.45, 2.75) is 6.42 Å². The number of thioether (sulfide) groups is 1. The third-order valence-corrected chi connectivity index (χ3v) is 6.61. The number of hydrogen-bond acceptors (Lipinski definition) is 9. The van der Waals surface area contributed by atoms with Crippen LogP contribution in [0.1, 0.15) is 12.0 Å². The number of thiocarbonyl (C=S) groups is 1. The van der Waals surface area contributed by atoms with Gasteiger partial charge in [0.2, 0.25) is 11.7 Å². The molecule has 0 spiro atoms. The lowest BCUT2D eigenvalue weighted by Crippen LogP contribution is -2.41. The molecule has 0 aromatic heterocycles. The van der Waals surface area contributed by atoms with Gasteiger partial charge < -0.3 is 24.3 Å². The van der Waals surface area contributed by atoms with E-state index in [1.165, 1.54) is 26.2 Å². The highest BCUT2D eigenvalue weighted by atomic mass is 32.2. The van der Waals surface area contributed by atoms with Crippen molar-refractivity contribution in [1.82, 2.24) is 15.1 Å². The number of ether oxygens (including phenoxy) is 4. The number of nitrogens with zero attached hydrogens (tertiary/aromatic N) is 2. The van der Waals surface area contributed by atoms with Gasteiger partial charge in [0, 0.05) is 19.6 Å². The lowest BCUT2D eigenvalue weighted by Gasteiger charge is -2.26. The Balaban J connectivity index is 1.57. The van der Waals surface area contributed by atoms with Crippen LogP contribution in [0.5, 0.6) is 17.2 Å². The minimum atomic E-state index is -0.304. The van der Waals surface area contributed by atoms with E-state index >= 15 is 0 Å². The second-order valence-corrected chi connectivity index (χ2v) is 9.06. The predicted molar refractivity (Wildman–Crippen MR) is 131 cm³/mol. The standard InChI is InChI=1S/C22H29N3O6S2/c1-28-16-11-15(12-17(29-2)20(16)30-3)13-18-21(27)25(22(32)33-18)14-19(26)23-5-4-6-24-7-9-31-10-8-24/h11-13H,4-10,14H2,1-3H3,(H,23,26)/b18-13+. The molecule has 33 heavy (non-hydrogen) atoms. The number of hydrogen-bond donors (Lipinski definition) is 1. The maximum absolute atomic E-state index is 12.9. The summed E-state index contributed by atoms with van der Waals surface area (Å²) in [6.45, 7) is 4.70. The molecule has 2 aliphatic rings. The Morgan fingerprint density at radius 1 is 1.18 bits per heavy atom. The fourth-order valence-electron chi connectivity index (χ4n) is 3.53. The number of carbonyl (C=O) groups excluding carboxylic acids is 2. The molecule has 0 aliphatic carbocycles. The van der Waals surface area contributed by atoms with Crippen molar-refractivity contribution in [2.75, 3.05) is 67.3 Å². The molecule has 2 aliphatic heterocycles. The van der Waals surface area contributed by atoms with E-state index in [2.05, 4.69) is 10.2 Å². The SMILES string of the molecule is COc1cc(/C=C2/SC(=S)N(CC(=O)NCCCN3CCOCC3)C2=O)cc(OC)c1OC. The Bertz CT molecular complexity index is 892. The van der Waals surface area contributed by atoms with E-state index in [0.717, 1.165) is 51.0 Å². The second-order valence-electron chi connectivity index (χ2n) is 7.38. The van der Waals surface area contributed by atoms with Gasteiger partial charge in [-0.25, -0.2) is 0 Å². The average molecular weight is 496 g/mol. The number of amides is 2. The molecule has 2 saturated heterocycles. The molecule has 2 amide bonds. The zero-order valence-electron chi connectivity index (χ0n) is 19.0. The second kappa shape index (κ2) is 12.2. The molecule has 3 rings (SSSR count). The van der Waals surface area contributed by atoms with Crippen LogP contribution in [-0.4, -0.2) is 93.2 Å². The quantitative estimate of drug-likeness (QED) is 0.296. The lowest BCUT2D eigenvalue weighted by molar-refractivity contribution is -0.128. The summed E-state index contributed by atoms with van der Waals surface area (Å²) < 4.78 is 21.7. The first-order valence-corrected chi connectivity index (χ1v) is 11.8. The molecule has 9 nitrogen and oxygen atoms in total. The Morgan fingerprint density at radius 3 is 2.45 bits per heavy atom. The molecule has 2 fully saturated rings. The summed E-state index contributed by atoms with van der Waals surface area (Å²) in [5, 5.41) is 2.87. The van der Waals surface area contributed by atoms with Gasteiger partial charge in [-0.3, -0.25) is 19.4 Å². The van der Waals surface area contributed by atoms with Crippen molar-refractivity contribution in [3.05, 3.63) is 22.6 Å². The van der Waals surface area contributed by atoms with Gasteiger partial charge in [-0.2, -0.15) is 0 Å². The van der Waals surface area contributed by atoms with Crippen LogP contribution in [0.4, 0.5) is 0 Å². The molecular formula is C22H29N3O6S2. The van der Waals surface area contributed by atoms with Crippen LogP contribution in [0.25, 0.3) is 6.08 Å². The van der Waals surface area contributed by atoms with Gasteiger partial charge in [0.15, 0.2) is 11.5 Å². The van der Waals surface area contributed by atoms with E-state index in [9.17, 15) is 9.59 Å². The van der Waals surface area contributed by atoms with Crippen molar-refractivity contribution < 1.29 is 28.5 Å². The van der Waals surface area contributed by atoms with Crippen molar-refractivity contribution >= 4 is 46.2 Å². The van der Waals surface area contributed by atoms with Crippen LogP contribution in [0.15, 0.2) is 17.0 Å². The highest BCUT2D eigenvalue weighted by molar-refractivity contribution is 8.26. The molecular weight excluding hydrogens is 466 g/mol. The minimum absolute atomic E-state index is 0.102. The van der Waals surface area contributed by atoms with Crippen LogP contribution in [0.2, 0.25) is 0 Å². The number of benzene rings is 1. The van der Waals surface area contributed by atoms with Gasteiger partial charge in [0.1, 0.15) is 10.9 Å². The zero-order valence-corrected chi connectivity index (χ0v) is 20.7. The summed E-state index contributed by atoms with van der Waals surface area (Å²) in [4.78, 5) is 29.3. The summed E-state index contributed by atoms with van der Waals surface area (Å²) in [7, 11) is 4.58. The minimum Gasteiger partial charge on any atom is -0.493 e. The lowest BCUT2D eigenvalue weighted by atomic mass is 10.1. The molecule has 1 N–H and O–H groups in total. The van der Waals surface area contributed by atoms with Crippen LogP contribution < -0.4 is 19.5 Å². The van der Waals surface area contributed by atoms with E-state index in [0.29, 0.717) is 38.6 Å². The highest BCUT2D eigenvalue weighted by Gasteiger charge is 2.33. The van der Waals surface area contributed by atoms with Crippen molar-refractivity contribution in [1.29, 1.82) is 0 Å². The largest absolute Gasteiger partial charge is 0.493 e. The summed E-state index contributed by atoms with van der Waals surface area (Å²) in [5.74, 6) is 0.893. The molecule has 2 heterocycles. The van der Waals surface area contributed by atoms with Crippen molar-refractivity contribution in [3.63, 3.8) is 0 Å². The van der Waals surface area contributed by atoms with Crippen molar-refractivity contribution in [3.8, 4) is 17.2 Å². The normalized spacial score (nSPS) is 18.0. The first kappa shape index (κ1) is 25.3. The third kappa shape index (κ3) is 6.59. The Labute approximate surface area is 203 Å². The van der Waals surface area contributed by atoms with Crippen LogP contribution in [-0.2, 0) is 14.3 Å². The molecule has 1 aromatic carbocycles. The molecule has 0 radical (unpaired) electrons. The number of morpholine rings is 1. The summed E-state index contributed by atoms with van der Waals surface area (Å²) in [6.07, 6.45) is 2.54. The third-order valence-electron chi connectivity index (χ3n) is 5.24. The monoisotopic (exact) mass is 495 g/mol. The van der Waals surface area contributed by atoms with E-state index in [1.807, 2.05) is 0 Å². The van der Waals surface area contributed by atoms with Gasteiger partial charge in [-0.05, 0) is 36.7 Å². The first-order chi connectivity index (χ1) is 16.0. The van der Waals surface area contributed by atoms with Crippen LogP contribution in [0, 0.1) is 0 Å². The summed E-state index contributed by atoms with van der Waals surface area (Å²) >= 11 is 6.51. The molecule has 0 atom stereocenters. The Morgan fingerprint density at radius 2 is 1.85 bits per heavy atom. The Kier molecular flexibility index (Phi) is 9.36. The van der Waals surface area contributed by atoms with Crippen LogP contribution >= 0.6 is 24.0 Å². The zero-order chi connectivity index (χ0) is 23.8. The molecule has 0 unspecified atom stereocenters. The average Bonchev–Trinajstić information content (AvgIpc) is 3.09. The van der Waals surface area contributed by atoms with Gasteiger partial charge in [0.05, 0.1) is 39.4 Å². The number of nitrogens with one attached hydrogen (secondary N) is 1. The van der Waals surface area contributed by atoms with E-state index in [1.54, 1.807) is 18.2 Å². The molecule has 0 bridgehead atoms. The maximum Gasteiger partial charge on any atom is 0.266 e. The number of rotatable bonds is 10. The number of methoxy groups -OCH3 is 3. The van der Waals surface area contributed by atoms with Gasteiger partial charge in [-0.15, -0.1) is 0 Å². The van der Waals surface area contributed by atoms with E-state index < -0.39 is 0 Å². The maximum atomic E-state index is 12.9. The molecule has 0 saturated carbocycles. The smallest absolute Gasteiger partial charge is 0.266 e. The predicted octanol–water partition coefficient (Wildman–Crippen LogP) is 1.75. The topological polar surface area (TPSA) is 89.6 Å². The van der Waals surface area contributed by atoms with Gasteiger partial charge in [-0.1, -0.05) is 24.0 Å². The summed E-state index contributed by atoms with van der Waals surface area (Å²) in [6, 6.07) is 3.49. The number of carbonyl (C=O) groups is 2. The van der Waals surface area contributed by atoms with Gasteiger partial charge in [0.25, 0.3) is 5.91 Å². The van der Waals surface area contributed by atoms with E-state index in [4.69, 9.17) is 31.2 Å². The summed E-state index contributed by atoms with van der Waals surface area (Å²) in [5.41, 5.74) is 0.692. The highest BCUT2D eigenvalue weighted by Crippen LogP contribution is 2.40. The first-order valence-electron chi connectivity index (χ1n) is 10.6. The fraction of sp³-hybridized carbons (Fsp3) is 0.500. The molecule has 180 valence electrons. The molecule has 11 heteroatoms.